The molecule has 0 radical (unpaired) electrons. The van der Waals surface area contributed by atoms with E-state index in [1.165, 1.54) is 0 Å². The molecule has 0 aromatic carbocycles. The normalized spacial score (nSPS) is 28.7. The van der Waals surface area contributed by atoms with E-state index in [1.807, 2.05) is 0 Å². The summed E-state index contributed by atoms with van der Waals surface area (Å²) in [5, 5.41) is 19.6. The number of nitrogens with zero attached hydrogens (tertiary/aromatic N) is 1. The first-order chi connectivity index (χ1) is 7.04. The molecule has 1 heterocycles. The Bertz CT molecular complexity index is 265. The van der Waals surface area contributed by atoms with Crippen LogP contribution in [0.25, 0.3) is 0 Å². The third-order valence-electron chi connectivity index (χ3n) is 4.18. The van der Waals surface area contributed by atoms with Gasteiger partial charge in [0.1, 0.15) is 0 Å². The molecule has 0 atom stereocenters. The third kappa shape index (κ3) is 1.56. The van der Waals surface area contributed by atoms with Crippen LogP contribution in [-0.4, -0.2) is 46.3 Å². The number of hydrogen-bond donors (Lipinski definition) is 2. The molecule has 1 saturated carbocycles. The number of carboxylic acid groups (broad SMARTS) is 1. The van der Waals surface area contributed by atoms with Crippen LogP contribution < -0.4 is 0 Å². The number of piperidine rings is 1. The lowest BCUT2D eigenvalue weighted by Crippen LogP contribution is -2.52. The van der Waals surface area contributed by atoms with Gasteiger partial charge in [0.05, 0.1) is 11.0 Å². The second-order valence-corrected chi connectivity index (χ2v) is 4.85. The molecule has 4 nitrogen and oxygen atoms in total. The summed E-state index contributed by atoms with van der Waals surface area (Å²) < 4.78 is 0. The molecular formula is C11H19NO3. The molecule has 0 aromatic heterocycles. The Kier molecular flexibility index (Phi) is 2.51. The third-order valence-corrected chi connectivity index (χ3v) is 4.18. The maximum Gasteiger partial charge on any atom is 0.312 e. The van der Waals surface area contributed by atoms with E-state index < -0.39 is 17.0 Å². The molecule has 15 heavy (non-hydrogen) atoms. The van der Waals surface area contributed by atoms with Gasteiger partial charge in [-0.3, -0.25) is 4.79 Å². The molecule has 86 valence electrons. The van der Waals surface area contributed by atoms with Crippen molar-refractivity contribution in [1.82, 2.24) is 4.90 Å². The lowest BCUT2D eigenvalue weighted by atomic mass is 9.77. The van der Waals surface area contributed by atoms with Gasteiger partial charge in [-0.15, -0.1) is 0 Å². The molecule has 0 amide bonds. The van der Waals surface area contributed by atoms with Crippen LogP contribution in [0.2, 0.25) is 0 Å². The Labute approximate surface area is 89.9 Å². The molecule has 0 aromatic rings. The highest BCUT2D eigenvalue weighted by Crippen LogP contribution is 2.57. The minimum absolute atomic E-state index is 0.604. The Morgan fingerprint density at radius 3 is 2.13 bits per heavy atom. The summed E-state index contributed by atoms with van der Waals surface area (Å²) in [6.07, 6.45) is 2.50. The van der Waals surface area contributed by atoms with E-state index in [0.717, 1.165) is 19.6 Å². The summed E-state index contributed by atoms with van der Waals surface area (Å²) >= 11 is 0. The van der Waals surface area contributed by atoms with E-state index in [4.69, 9.17) is 0 Å². The largest absolute Gasteiger partial charge is 0.481 e. The zero-order valence-corrected chi connectivity index (χ0v) is 9.20. The van der Waals surface area contributed by atoms with Gasteiger partial charge < -0.3 is 15.1 Å². The number of aliphatic hydroxyl groups is 1. The van der Waals surface area contributed by atoms with Crippen molar-refractivity contribution in [1.29, 1.82) is 0 Å². The van der Waals surface area contributed by atoms with Crippen molar-refractivity contribution in [3.05, 3.63) is 0 Å². The molecule has 2 N–H and O–H groups in total. The highest BCUT2D eigenvalue weighted by atomic mass is 16.4. The lowest BCUT2D eigenvalue weighted by molar-refractivity contribution is -0.160. The zero-order chi connectivity index (χ0) is 11.1. The second kappa shape index (κ2) is 3.46. The van der Waals surface area contributed by atoms with Crippen LogP contribution in [0, 0.1) is 5.41 Å². The topological polar surface area (TPSA) is 60.8 Å². The number of likely N-dealkylation sites (tertiary alicyclic amines) is 1. The van der Waals surface area contributed by atoms with Gasteiger partial charge in [0.25, 0.3) is 0 Å². The summed E-state index contributed by atoms with van der Waals surface area (Å²) in [4.78, 5) is 13.4. The molecule has 1 aliphatic carbocycles. The van der Waals surface area contributed by atoms with E-state index in [1.54, 1.807) is 0 Å². The quantitative estimate of drug-likeness (QED) is 0.724. The average Bonchev–Trinajstić information content (AvgIpc) is 3.00. The van der Waals surface area contributed by atoms with Gasteiger partial charge in [-0.05, 0) is 32.2 Å². The molecule has 2 aliphatic rings. The average molecular weight is 213 g/mol. The minimum Gasteiger partial charge on any atom is -0.481 e. The zero-order valence-electron chi connectivity index (χ0n) is 9.20. The Balaban J connectivity index is 2.06. The fraction of sp³-hybridized carbons (Fsp3) is 0.909. The molecule has 2 rings (SSSR count). The van der Waals surface area contributed by atoms with Crippen molar-refractivity contribution in [3.8, 4) is 0 Å². The maximum atomic E-state index is 11.2. The predicted molar refractivity (Wildman–Crippen MR) is 55.6 cm³/mol. The maximum absolute atomic E-state index is 11.2. The SMILES string of the molecule is CCN1CCC(O)(C2(C(=O)O)CC2)CC1. The van der Waals surface area contributed by atoms with E-state index >= 15 is 0 Å². The monoisotopic (exact) mass is 213 g/mol. The predicted octanol–water partition coefficient (Wildman–Crippen LogP) is 0.698. The fourth-order valence-corrected chi connectivity index (χ4v) is 2.72. The van der Waals surface area contributed by atoms with Crippen molar-refractivity contribution in [2.24, 2.45) is 5.41 Å². The van der Waals surface area contributed by atoms with E-state index in [9.17, 15) is 15.0 Å². The van der Waals surface area contributed by atoms with Gasteiger partial charge in [0.15, 0.2) is 0 Å². The van der Waals surface area contributed by atoms with Crippen molar-refractivity contribution in [3.63, 3.8) is 0 Å². The van der Waals surface area contributed by atoms with Crippen molar-refractivity contribution in [2.75, 3.05) is 19.6 Å². The molecular weight excluding hydrogens is 194 g/mol. The van der Waals surface area contributed by atoms with Gasteiger partial charge in [-0.2, -0.15) is 0 Å². The van der Waals surface area contributed by atoms with Crippen molar-refractivity contribution < 1.29 is 15.0 Å². The van der Waals surface area contributed by atoms with Crippen LogP contribution in [0.4, 0.5) is 0 Å². The number of rotatable bonds is 3. The van der Waals surface area contributed by atoms with Crippen LogP contribution in [0.5, 0.6) is 0 Å². The highest BCUT2D eigenvalue weighted by molar-refractivity contribution is 5.79. The molecule has 0 unspecified atom stereocenters. The minimum atomic E-state index is -0.954. The van der Waals surface area contributed by atoms with Gasteiger partial charge in [-0.1, -0.05) is 6.92 Å². The molecule has 4 heteroatoms. The van der Waals surface area contributed by atoms with Crippen LogP contribution in [0.15, 0.2) is 0 Å². The standard InChI is InChI=1S/C11H19NO3/c1-2-12-7-5-11(15,6-8-12)10(3-4-10)9(13)14/h15H,2-8H2,1H3,(H,13,14). The van der Waals surface area contributed by atoms with Crippen molar-refractivity contribution in [2.45, 2.75) is 38.2 Å². The first-order valence-corrected chi connectivity index (χ1v) is 5.72. The Morgan fingerprint density at radius 2 is 1.80 bits per heavy atom. The van der Waals surface area contributed by atoms with Crippen molar-refractivity contribution >= 4 is 5.97 Å². The smallest absolute Gasteiger partial charge is 0.312 e. The van der Waals surface area contributed by atoms with E-state index in [0.29, 0.717) is 25.7 Å². The summed E-state index contributed by atoms with van der Waals surface area (Å²) in [6.45, 7) is 4.72. The summed E-state index contributed by atoms with van der Waals surface area (Å²) in [5.74, 6) is -0.810. The first kappa shape index (κ1) is 10.9. The van der Waals surface area contributed by atoms with Crippen LogP contribution >= 0.6 is 0 Å². The fourth-order valence-electron chi connectivity index (χ4n) is 2.72. The number of carbonyl (C=O) groups is 1. The van der Waals surface area contributed by atoms with Gasteiger partial charge in [0, 0.05) is 13.1 Å². The number of aliphatic carboxylic acids is 1. The second-order valence-electron chi connectivity index (χ2n) is 4.85. The number of carboxylic acids is 1. The van der Waals surface area contributed by atoms with Crippen LogP contribution in [-0.2, 0) is 4.79 Å². The Morgan fingerprint density at radius 1 is 1.27 bits per heavy atom. The van der Waals surface area contributed by atoms with Gasteiger partial charge in [-0.25, -0.2) is 0 Å². The van der Waals surface area contributed by atoms with E-state index in [2.05, 4.69) is 11.8 Å². The summed E-state index contributed by atoms with van der Waals surface area (Å²) in [7, 11) is 0. The number of hydrogen-bond acceptors (Lipinski definition) is 3. The van der Waals surface area contributed by atoms with Crippen LogP contribution in [0.3, 0.4) is 0 Å². The lowest BCUT2D eigenvalue weighted by Gasteiger charge is -2.41. The summed E-state index contributed by atoms with van der Waals surface area (Å²) in [5.41, 5.74) is -1.77. The molecule has 1 aliphatic heterocycles. The van der Waals surface area contributed by atoms with E-state index in [-0.39, 0.29) is 0 Å². The first-order valence-electron chi connectivity index (χ1n) is 5.72. The molecule has 1 saturated heterocycles. The highest BCUT2D eigenvalue weighted by Gasteiger charge is 2.64. The molecule has 0 bridgehead atoms. The molecule has 0 spiro atoms. The van der Waals surface area contributed by atoms with Gasteiger partial charge >= 0.3 is 5.97 Å². The van der Waals surface area contributed by atoms with Crippen LogP contribution in [0.1, 0.15) is 32.6 Å². The van der Waals surface area contributed by atoms with Gasteiger partial charge in [0.2, 0.25) is 0 Å². The Hall–Kier alpha value is -0.610. The summed E-state index contributed by atoms with van der Waals surface area (Å²) in [6, 6.07) is 0. The molecule has 2 fully saturated rings.